The summed E-state index contributed by atoms with van der Waals surface area (Å²) in [7, 11) is 1.99. The molecule has 100 valence electrons. The molecule has 1 aromatic rings. The average molecular weight is 271 g/mol. The number of hydrogen-bond donors (Lipinski definition) is 1. The lowest BCUT2D eigenvalue weighted by Crippen LogP contribution is -2.44. The Hall–Kier alpha value is -0.640. The molecule has 1 unspecified atom stereocenters. The molecular weight excluding hydrogens is 251 g/mol. The first-order valence-electron chi connectivity index (χ1n) is 6.53. The molecule has 1 heterocycles. The summed E-state index contributed by atoms with van der Waals surface area (Å²) in [6.45, 7) is 2.97. The maximum atomic E-state index is 13.1. The number of likely N-dealkylation sites (N-methyl/N-ethyl adjacent to an activating group) is 1. The molecule has 1 aliphatic rings. The standard InChI is InChI=1S/C14H20ClFN2/c1-17-9-12-4-2-3-7-18(12)10-11-5-6-14(16)13(15)8-11/h5-6,8,12,17H,2-4,7,9-10H2,1H3. The molecule has 2 rings (SSSR count). The van der Waals surface area contributed by atoms with Crippen LogP contribution in [-0.2, 0) is 6.54 Å². The number of nitrogens with zero attached hydrogens (tertiary/aromatic N) is 1. The molecular formula is C14H20ClFN2. The molecule has 1 aromatic carbocycles. The highest BCUT2D eigenvalue weighted by Crippen LogP contribution is 2.22. The number of rotatable bonds is 4. The lowest BCUT2D eigenvalue weighted by molar-refractivity contribution is 0.139. The molecule has 18 heavy (non-hydrogen) atoms. The van der Waals surface area contributed by atoms with E-state index in [1.54, 1.807) is 6.07 Å². The number of halogens is 2. The number of benzene rings is 1. The summed E-state index contributed by atoms with van der Waals surface area (Å²) in [5, 5.41) is 3.46. The number of likely N-dealkylation sites (tertiary alicyclic amines) is 1. The van der Waals surface area contributed by atoms with Crippen LogP contribution in [0.3, 0.4) is 0 Å². The summed E-state index contributed by atoms with van der Waals surface area (Å²) < 4.78 is 13.1. The number of piperidine rings is 1. The Bertz CT molecular complexity index is 395. The fraction of sp³-hybridized carbons (Fsp3) is 0.571. The van der Waals surface area contributed by atoms with Gasteiger partial charge in [0.2, 0.25) is 0 Å². The summed E-state index contributed by atoms with van der Waals surface area (Å²) >= 11 is 5.82. The van der Waals surface area contributed by atoms with Crippen LogP contribution in [-0.4, -0.2) is 31.1 Å². The van der Waals surface area contributed by atoms with Crippen molar-refractivity contribution in [2.45, 2.75) is 31.8 Å². The van der Waals surface area contributed by atoms with Crippen molar-refractivity contribution in [3.63, 3.8) is 0 Å². The number of nitrogens with one attached hydrogen (secondary N) is 1. The first kappa shape index (κ1) is 13.8. The summed E-state index contributed by atoms with van der Waals surface area (Å²) in [4.78, 5) is 2.46. The Kier molecular flexibility index (Phi) is 4.98. The van der Waals surface area contributed by atoms with Crippen LogP contribution in [0.2, 0.25) is 5.02 Å². The van der Waals surface area contributed by atoms with Gasteiger partial charge in [-0.2, -0.15) is 0 Å². The van der Waals surface area contributed by atoms with Crippen molar-refractivity contribution < 1.29 is 4.39 Å². The Morgan fingerprint density at radius 1 is 1.44 bits per heavy atom. The van der Waals surface area contributed by atoms with Crippen molar-refractivity contribution in [2.75, 3.05) is 20.1 Å². The van der Waals surface area contributed by atoms with Gasteiger partial charge in [0.1, 0.15) is 5.82 Å². The quantitative estimate of drug-likeness (QED) is 0.905. The van der Waals surface area contributed by atoms with E-state index in [9.17, 15) is 4.39 Å². The van der Waals surface area contributed by atoms with Crippen LogP contribution in [0.5, 0.6) is 0 Å². The van der Waals surface area contributed by atoms with Crippen molar-refractivity contribution in [1.29, 1.82) is 0 Å². The van der Waals surface area contributed by atoms with Gasteiger partial charge in [-0.3, -0.25) is 4.90 Å². The Morgan fingerprint density at radius 3 is 3.00 bits per heavy atom. The minimum absolute atomic E-state index is 0.217. The highest BCUT2D eigenvalue weighted by atomic mass is 35.5. The molecule has 1 saturated heterocycles. The molecule has 1 aliphatic heterocycles. The summed E-state index contributed by atoms with van der Waals surface area (Å²) in [6, 6.07) is 5.59. The van der Waals surface area contributed by atoms with Crippen molar-refractivity contribution in [2.24, 2.45) is 0 Å². The maximum absolute atomic E-state index is 13.1. The lowest BCUT2D eigenvalue weighted by atomic mass is 10.0. The fourth-order valence-electron chi connectivity index (χ4n) is 2.61. The first-order valence-corrected chi connectivity index (χ1v) is 6.91. The van der Waals surface area contributed by atoms with Crippen LogP contribution in [0.15, 0.2) is 18.2 Å². The van der Waals surface area contributed by atoms with Gasteiger partial charge < -0.3 is 5.32 Å². The molecule has 2 nitrogen and oxygen atoms in total. The highest BCUT2D eigenvalue weighted by Gasteiger charge is 2.21. The molecule has 0 bridgehead atoms. The Morgan fingerprint density at radius 2 is 2.28 bits per heavy atom. The predicted octanol–water partition coefficient (Wildman–Crippen LogP) is 3.05. The molecule has 1 N–H and O–H groups in total. The van der Waals surface area contributed by atoms with E-state index in [0.717, 1.165) is 25.2 Å². The Balaban J connectivity index is 2.03. The second-order valence-electron chi connectivity index (χ2n) is 4.93. The van der Waals surface area contributed by atoms with Gasteiger partial charge in [0.25, 0.3) is 0 Å². The van der Waals surface area contributed by atoms with E-state index in [1.165, 1.54) is 25.3 Å². The first-order chi connectivity index (χ1) is 8.70. The maximum Gasteiger partial charge on any atom is 0.141 e. The van der Waals surface area contributed by atoms with Gasteiger partial charge in [0.05, 0.1) is 5.02 Å². The van der Waals surface area contributed by atoms with Crippen LogP contribution >= 0.6 is 11.6 Å². The monoisotopic (exact) mass is 270 g/mol. The fourth-order valence-corrected chi connectivity index (χ4v) is 2.81. The molecule has 0 saturated carbocycles. The van der Waals surface area contributed by atoms with Gasteiger partial charge in [-0.25, -0.2) is 4.39 Å². The molecule has 0 aliphatic carbocycles. The van der Waals surface area contributed by atoms with Crippen molar-refractivity contribution in [3.05, 3.63) is 34.6 Å². The van der Waals surface area contributed by atoms with Gasteiger partial charge >= 0.3 is 0 Å². The molecule has 1 fully saturated rings. The highest BCUT2D eigenvalue weighted by molar-refractivity contribution is 6.30. The van der Waals surface area contributed by atoms with Crippen LogP contribution in [0.25, 0.3) is 0 Å². The summed E-state index contributed by atoms with van der Waals surface area (Å²) in [5.41, 5.74) is 1.09. The van der Waals surface area contributed by atoms with Crippen molar-refractivity contribution in [1.82, 2.24) is 10.2 Å². The van der Waals surface area contributed by atoms with E-state index >= 15 is 0 Å². The van der Waals surface area contributed by atoms with E-state index in [2.05, 4.69) is 10.2 Å². The van der Waals surface area contributed by atoms with Gasteiger partial charge in [-0.05, 0) is 44.1 Å². The third kappa shape index (κ3) is 3.44. The van der Waals surface area contributed by atoms with Crippen LogP contribution in [0.4, 0.5) is 4.39 Å². The minimum atomic E-state index is -0.342. The molecule has 0 radical (unpaired) electrons. The van der Waals surface area contributed by atoms with Gasteiger partial charge in [-0.15, -0.1) is 0 Å². The molecule has 0 spiro atoms. The normalized spacial score (nSPS) is 21.2. The van der Waals surface area contributed by atoms with E-state index in [4.69, 9.17) is 11.6 Å². The second kappa shape index (κ2) is 6.50. The third-order valence-corrected chi connectivity index (χ3v) is 3.85. The van der Waals surface area contributed by atoms with Crippen LogP contribution in [0, 0.1) is 5.82 Å². The second-order valence-corrected chi connectivity index (χ2v) is 5.33. The van der Waals surface area contributed by atoms with Crippen LogP contribution in [0.1, 0.15) is 24.8 Å². The molecule has 0 amide bonds. The van der Waals surface area contributed by atoms with E-state index in [-0.39, 0.29) is 10.8 Å². The zero-order valence-corrected chi connectivity index (χ0v) is 11.5. The third-order valence-electron chi connectivity index (χ3n) is 3.56. The predicted molar refractivity (Wildman–Crippen MR) is 73.4 cm³/mol. The topological polar surface area (TPSA) is 15.3 Å². The average Bonchev–Trinajstić information content (AvgIpc) is 2.37. The van der Waals surface area contributed by atoms with Gasteiger partial charge in [0.15, 0.2) is 0 Å². The van der Waals surface area contributed by atoms with Crippen molar-refractivity contribution in [3.8, 4) is 0 Å². The summed E-state index contributed by atoms with van der Waals surface area (Å²) in [5.74, 6) is -0.342. The van der Waals surface area contributed by atoms with Gasteiger partial charge in [0, 0.05) is 19.1 Å². The minimum Gasteiger partial charge on any atom is -0.318 e. The smallest absolute Gasteiger partial charge is 0.141 e. The molecule has 4 heteroatoms. The zero-order valence-electron chi connectivity index (χ0n) is 10.8. The van der Waals surface area contributed by atoms with E-state index < -0.39 is 0 Å². The Labute approximate surface area is 113 Å². The van der Waals surface area contributed by atoms with Gasteiger partial charge in [-0.1, -0.05) is 24.1 Å². The van der Waals surface area contributed by atoms with E-state index in [0.29, 0.717) is 6.04 Å². The largest absolute Gasteiger partial charge is 0.318 e. The van der Waals surface area contributed by atoms with Crippen molar-refractivity contribution >= 4 is 11.6 Å². The summed E-state index contributed by atoms with van der Waals surface area (Å²) in [6.07, 6.45) is 3.78. The zero-order chi connectivity index (χ0) is 13.0. The van der Waals surface area contributed by atoms with Crippen LogP contribution < -0.4 is 5.32 Å². The lowest BCUT2D eigenvalue weighted by Gasteiger charge is -2.35. The molecule has 1 atom stereocenters. The number of hydrogen-bond acceptors (Lipinski definition) is 2. The molecule has 0 aromatic heterocycles. The SMILES string of the molecule is CNCC1CCCCN1Cc1ccc(F)c(Cl)c1. The van der Waals surface area contributed by atoms with E-state index in [1.807, 2.05) is 13.1 Å².